The van der Waals surface area contributed by atoms with Crippen LogP contribution in [0.4, 0.5) is 5.13 Å². The topological polar surface area (TPSA) is 45.2 Å². The minimum atomic E-state index is 0.183. The van der Waals surface area contributed by atoms with Crippen molar-refractivity contribution < 1.29 is 4.79 Å². The Morgan fingerprint density at radius 3 is 2.64 bits per heavy atom. The van der Waals surface area contributed by atoms with Gasteiger partial charge in [0.1, 0.15) is 0 Å². The average molecular weight is 436 g/mol. The zero-order valence-corrected chi connectivity index (χ0v) is 19.5. The van der Waals surface area contributed by atoms with Gasteiger partial charge in [-0.05, 0) is 56.4 Å². The fourth-order valence-electron chi connectivity index (χ4n) is 4.38. The largest absolute Gasteiger partial charge is 0.348 e. The monoisotopic (exact) mass is 435 g/mol. The van der Waals surface area contributed by atoms with E-state index < -0.39 is 0 Å². The molecule has 1 aliphatic heterocycles. The number of aromatic nitrogens is 1. The number of piperidine rings is 1. The number of aryl methyl sites for hydroxylation is 1. The number of Topliss-reactive ketones (excluding diaryl/α,β-unsaturated/α-hetero) is 1. The second-order valence-electron chi connectivity index (χ2n) is 8.76. The van der Waals surface area contributed by atoms with Crippen LogP contribution in [0.2, 0.25) is 0 Å². The van der Waals surface area contributed by atoms with E-state index in [0.29, 0.717) is 6.54 Å². The number of carbonyl (C=O) groups excluding carboxylic acids is 1. The molecule has 0 amide bonds. The van der Waals surface area contributed by atoms with Gasteiger partial charge in [0.25, 0.3) is 0 Å². The number of anilines is 1. The molecular weight excluding hydrogens is 406 g/mol. The second kappa shape index (κ2) is 8.09. The lowest BCUT2D eigenvalue weighted by molar-refractivity contribution is 0.101. The number of hydrogen-bond acceptors (Lipinski definition) is 7. The highest BCUT2D eigenvalue weighted by Gasteiger charge is 2.33. The summed E-state index contributed by atoms with van der Waals surface area (Å²) in [6, 6.07) is 0. The highest BCUT2D eigenvalue weighted by atomic mass is 32.1. The first kappa shape index (κ1) is 20.4. The van der Waals surface area contributed by atoms with Crippen LogP contribution in [-0.2, 0) is 19.4 Å². The Hall–Kier alpha value is -0.890. The highest BCUT2D eigenvalue weighted by Crippen LogP contribution is 2.48. The predicted octanol–water partition coefficient (Wildman–Crippen LogP) is 5.51. The summed E-state index contributed by atoms with van der Waals surface area (Å²) in [6.45, 7) is 9.11. The van der Waals surface area contributed by atoms with Crippen molar-refractivity contribution in [1.29, 1.82) is 0 Å². The zero-order chi connectivity index (χ0) is 19.9. The van der Waals surface area contributed by atoms with Crippen LogP contribution in [0.25, 0.3) is 9.75 Å². The van der Waals surface area contributed by atoms with Crippen molar-refractivity contribution in [3.05, 3.63) is 21.7 Å². The van der Waals surface area contributed by atoms with Crippen molar-refractivity contribution >= 4 is 46.4 Å². The van der Waals surface area contributed by atoms with Gasteiger partial charge in [-0.25, -0.2) is 4.98 Å². The lowest BCUT2D eigenvalue weighted by Gasteiger charge is -2.29. The Bertz CT molecular complexity index is 878. The standard InChI is InChI=1S/C21H29N3OS3/c1-13(25)17-14-11-21(2,3)8-7-16(14)27-19(17)18-15(12-22-26)23-20(28-18)24-9-5-4-6-10-24/h22,26H,4-12H2,1-3H3. The predicted molar refractivity (Wildman–Crippen MR) is 123 cm³/mol. The molecule has 0 spiro atoms. The van der Waals surface area contributed by atoms with Gasteiger partial charge in [-0.2, -0.15) is 0 Å². The van der Waals surface area contributed by atoms with Crippen LogP contribution < -0.4 is 9.62 Å². The molecule has 28 heavy (non-hydrogen) atoms. The van der Waals surface area contributed by atoms with Gasteiger partial charge in [-0.3, -0.25) is 9.52 Å². The molecule has 0 atom stereocenters. The fourth-order valence-corrected chi connectivity index (χ4v) is 7.19. The molecule has 1 N–H and O–H groups in total. The van der Waals surface area contributed by atoms with Gasteiger partial charge in [-0.15, -0.1) is 11.3 Å². The molecule has 2 aliphatic rings. The highest BCUT2D eigenvalue weighted by molar-refractivity contribution is 7.78. The number of nitrogens with zero attached hydrogens (tertiary/aromatic N) is 2. The third kappa shape index (κ3) is 3.91. The Morgan fingerprint density at radius 1 is 1.21 bits per heavy atom. The Labute approximate surface area is 181 Å². The molecule has 0 radical (unpaired) electrons. The summed E-state index contributed by atoms with van der Waals surface area (Å²) in [5.74, 6) is 0.183. The molecule has 4 nitrogen and oxygen atoms in total. The van der Waals surface area contributed by atoms with Crippen molar-refractivity contribution in [2.75, 3.05) is 18.0 Å². The van der Waals surface area contributed by atoms with E-state index in [4.69, 9.17) is 4.98 Å². The summed E-state index contributed by atoms with van der Waals surface area (Å²) in [4.78, 5) is 23.8. The molecule has 4 rings (SSSR count). The molecule has 7 heteroatoms. The molecule has 1 fully saturated rings. The van der Waals surface area contributed by atoms with E-state index in [2.05, 4.69) is 36.3 Å². The quantitative estimate of drug-likeness (QED) is 0.480. The van der Waals surface area contributed by atoms with Crippen molar-refractivity contribution in [2.24, 2.45) is 5.41 Å². The van der Waals surface area contributed by atoms with Crippen LogP contribution in [0.3, 0.4) is 0 Å². The van der Waals surface area contributed by atoms with Crippen LogP contribution in [-0.4, -0.2) is 23.9 Å². The van der Waals surface area contributed by atoms with Gasteiger partial charge < -0.3 is 4.90 Å². The van der Waals surface area contributed by atoms with E-state index in [1.54, 1.807) is 18.3 Å². The zero-order valence-electron chi connectivity index (χ0n) is 16.9. The van der Waals surface area contributed by atoms with Crippen molar-refractivity contribution in [2.45, 2.75) is 65.8 Å². The van der Waals surface area contributed by atoms with Gasteiger partial charge in [0.15, 0.2) is 10.9 Å². The number of ketones is 1. The Morgan fingerprint density at radius 2 is 1.96 bits per heavy atom. The summed E-state index contributed by atoms with van der Waals surface area (Å²) in [7, 11) is 0. The first-order valence-corrected chi connectivity index (χ1v) is 12.2. The summed E-state index contributed by atoms with van der Waals surface area (Å²) in [6.07, 6.45) is 7.02. The van der Waals surface area contributed by atoms with E-state index in [1.165, 1.54) is 36.1 Å². The molecule has 0 aromatic carbocycles. The SMILES string of the molecule is CC(=O)c1c(-c2sc(N3CCCCC3)nc2CNS)sc2c1CC(C)(C)CC2. The number of thiol groups is 1. The lowest BCUT2D eigenvalue weighted by Crippen LogP contribution is -2.29. The molecule has 2 aromatic rings. The van der Waals surface area contributed by atoms with Crippen LogP contribution in [0, 0.1) is 5.41 Å². The third-order valence-electron chi connectivity index (χ3n) is 5.89. The maximum Gasteiger partial charge on any atom is 0.186 e. The minimum Gasteiger partial charge on any atom is -0.348 e. The average Bonchev–Trinajstić information content (AvgIpc) is 3.23. The number of rotatable bonds is 5. The Kier molecular flexibility index (Phi) is 5.89. The van der Waals surface area contributed by atoms with Crippen LogP contribution >= 0.6 is 35.5 Å². The van der Waals surface area contributed by atoms with E-state index in [1.807, 2.05) is 11.3 Å². The molecule has 0 bridgehead atoms. The van der Waals surface area contributed by atoms with Gasteiger partial charge in [0, 0.05) is 30.1 Å². The summed E-state index contributed by atoms with van der Waals surface area (Å²) in [5, 5.41) is 1.09. The van der Waals surface area contributed by atoms with Gasteiger partial charge in [-0.1, -0.05) is 38.0 Å². The minimum absolute atomic E-state index is 0.183. The fraction of sp³-hybridized carbons (Fsp3) is 0.619. The molecule has 0 unspecified atom stereocenters. The van der Waals surface area contributed by atoms with E-state index in [0.717, 1.165) is 52.1 Å². The van der Waals surface area contributed by atoms with E-state index >= 15 is 0 Å². The third-order valence-corrected chi connectivity index (χ3v) is 8.66. The molecule has 1 saturated heterocycles. The van der Waals surface area contributed by atoms with Crippen LogP contribution in [0.1, 0.15) is 72.9 Å². The lowest BCUT2D eigenvalue weighted by atomic mass is 9.75. The smallest absolute Gasteiger partial charge is 0.186 e. The second-order valence-corrected chi connectivity index (χ2v) is 11.2. The van der Waals surface area contributed by atoms with Crippen LogP contribution in [0.5, 0.6) is 0 Å². The maximum atomic E-state index is 12.7. The first-order valence-electron chi connectivity index (χ1n) is 10.2. The van der Waals surface area contributed by atoms with Gasteiger partial charge in [0.05, 0.1) is 15.4 Å². The van der Waals surface area contributed by atoms with Crippen molar-refractivity contribution in [1.82, 2.24) is 9.71 Å². The maximum absolute atomic E-state index is 12.7. The van der Waals surface area contributed by atoms with Crippen LogP contribution in [0.15, 0.2) is 0 Å². The number of hydrogen-bond donors (Lipinski definition) is 2. The van der Waals surface area contributed by atoms with Crippen molar-refractivity contribution in [3.8, 4) is 9.75 Å². The van der Waals surface area contributed by atoms with E-state index in [9.17, 15) is 4.79 Å². The van der Waals surface area contributed by atoms with Gasteiger partial charge >= 0.3 is 0 Å². The molecule has 2 aromatic heterocycles. The number of nitrogens with one attached hydrogen (secondary N) is 1. The normalized spacial score (nSPS) is 18.9. The summed E-state index contributed by atoms with van der Waals surface area (Å²) < 4.78 is 2.97. The number of fused-ring (bicyclic) bond motifs is 1. The van der Waals surface area contributed by atoms with Crippen molar-refractivity contribution in [3.63, 3.8) is 0 Å². The molecule has 3 heterocycles. The number of thiophene rings is 1. The molecule has 0 saturated carbocycles. The Balaban J connectivity index is 1.81. The van der Waals surface area contributed by atoms with Gasteiger partial charge in [0.2, 0.25) is 0 Å². The molecule has 1 aliphatic carbocycles. The first-order chi connectivity index (χ1) is 13.4. The molecular formula is C21H29N3OS3. The summed E-state index contributed by atoms with van der Waals surface area (Å²) in [5.41, 5.74) is 3.52. The number of thiazole rings is 1. The number of carbonyl (C=O) groups is 1. The molecule has 152 valence electrons. The van der Waals surface area contributed by atoms with E-state index in [-0.39, 0.29) is 11.2 Å². The summed E-state index contributed by atoms with van der Waals surface area (Å²) >= 11 is 7.80.